The molecule has 1 unspecified atom stereocenters. The van der Waals surface area contributed by atoms with E-state index in [1.54, 1.807) is 0 Å². The average Bonchev–Trinajstić information content (AvgIpc) is 3.39. The minimum atomic E-state index is 0.0456. The van der Waals surface area contributed by atoms with E-state index in [-0.39, 0.29) is 23.4 Å². The van der Waals surface area contributed by atoms with Gasteiger partial charge in [0.05, 0.1) is 0 Å². The highest BCUT2D eigenvalue weighted by molar-refractivity contribution is 5.97. The number of nitrogens with zero attached hydrogens (tertiary/aromatic N) is 2. The summed E-state index contributed by atoms with van der Waals surface area (Å²) in [5.74, 6) is 0.0456. The van der Waals surface area contributed by atoms with Crippen LogP contribution in [0.2, 0.25) is 0 Å². The van der Waals surface area contributed by atoms with Crippen LogP contribution in [0.3, 0.4) is 0 Å². The lowest BCUT2D eigenvalue weighted by Crippen LogP contribution is -2.43. The summed E-state index contributed by atoms with van der Waals surface area (Å²) in [6, 6.07) is 6.04. The summed E-state index contributed by atoms with van der Waals surface area (Å²) in [5.41, 5.74) is 9.86. The third kappa shape index (κ3) is 6.42. The van der Waals surface area contributed by atoms with Gasteiger partial charge in [0.25, 0.3) is 5.91 Å². The third-order valence-corrected chi connectivity index (χ3v) is 6.03. The van der Waals surface area contributed by atoms with Gasteiger partial charge in [-0.05, 0) is 55.2 Å². The van der Waals surface area contributed by atoms with E-state index in [0.29, 0.717) is 17.8 Å². The Hall–Kier alpha value is -2.63. The van der Waals surface area contributed by atoms with Crippen molar-refractivity contribution in [2.75, 3.05) is 12.3 Å². The van der Waals surface area contributed by atoms with E-state index in [1.807, 2.05) is 30.6 Å². The Morgan fingerprint density at radius 2 is 2.10 bits per heavy atom. The first-order valence-corrected chi connectivity index (χ1v) is 11.4. The summed E-state index contributed by atoms with van der Waals surface area (Å²) in [7, 11) is 0. The monoisotopic (exact) mass is 424 g/mol. The highest BCUT2D eigenvalue weighted by Gasteiger charge is 2.37. The molecule has 31 heavy (non-hydrogen) atoms. The van der Waals surface area contributed by atoms with Crippen molar-refractivity contribution in [2.45, 2.75) is 77.8 Å². The number of aliphatic imine (C=N–C) groups is 1. The number of benzene rings is 1. The maximum Gasteiger partial charge on any atom is 0.254 e. The highest BCUT2D eigenvalue weighted by atomic mass is 16.2. The van der Waals surface area contributed by atoms with Gasteiger partial charge in [-0.1, -0.05) is 33.3 Å². The van der Waals surface area contributed by atoms with Crippen LogP contribution in [-0.4, -0.2) is 42.1 Å². The molecule has 3 rings (SSSR count). The molecule has 6 heteroatoms. The Bertz CT molecular complexity index is 850. The van der Waals surface area contributed by atoms with Gasteiger partial charge in [0.1, 0.15) is 0 Å². The Kier molecular flexibility index (Phi) is 7.52. The Morgan fingerprint density at radius 3 is 2.68 bits per heavy atom. The SMILES string of the molecule is CC(C)(C)CCCC(CCNC=O)N(C(=O)c1ccc(C2=CN=CC2)c(N)c1)C1CC1. The quantitative estimate of drug-likeness (QED) is 0.313. The zero-order chi connectivity index (χ0) is 22.4. The molecule has 1 aliphatic carbocycles. The summed E-state index contributed by atoms with van der Waals surface area (Å²) in [4.78, 5) is 30.6. The van der Waals surface area contributed by atoms with Crippen molar-refractivity contribution in [1.82, 2.24) is 10.2 Å². The largest absolute Gasteiger partial charge is 0.398 e. The first-order chi connectivity index (χ1) is 14.8. The highest BCUT2D eigenvalue weighted by Crippen LogP contribution is 2.34. The van der Waals surface area contributed by atoms with Crippen molar-refractivity contribution >= 4 is 29.8 Å². The Balaban J connectivity index is 1.77. The third-order valence-electron chi connectivity index (χ3n) is 6.03. The summed E-state index contributed by atoms with van der Waals surface area (Å²) in [5, 5.41) is 2.77. The van der Waals surface area contributed by atoms with Crippen molar-refractivity contribution in [1.29, 1.82) is 0 Å². The molecular formula is C25H36N4O2. The molecule has 2 amide bonds. The van der Waals surface area contributed by atoms with E-state index < -0.39 is 0 Å². The van der Waals surface area contributed by atoms with E-state index in [4.69, 9.17) is 5.73 Å². The number of hydrogen-bond donors (Lipinski definition) is 2. The molecule has 1 saturated carbocycles. The Morgan fingerprint density at radius 1 is 1.32 bits per heavy atom. The van der Waals surface area contributed by atoms with Gasteiger partial charge < -0.3 is 16.0 Å². The van der Waals surface area contributed by atoms with E-state index in [0.717, 1.165) is 62.5 Å². The lowest BCUT2D eigenvalue weighted by atomic mass is 9.88. The molecule has 1 fully saturated rings. The van der Waals surface area contributed by atoms with Crippen molar-refractivity contribution in [2.24, 2.45) is 10.4 Å². The predicted octanol–water partition coefficient (Wildman–Crippen LogP) is 4.41. The van der Waals surface area contributed by atoms with Gasteiger partial charge in [0.2, 0.25) is 6.41 Å². The van der Waals surface area contributed by atoms with E-state index in [9.17, 15) is 9.59 Å². The van der Waals surface area contributed by atoms with Crippen molar-refractivity contribution in [3.05, 3.63) is 35.5 Å². The molecule has 1 aromatic carbocycles. The number of hydrogen-bond acceptors (Lipinski definition) is 4. The van der Waals surface area contributed by atoms with Crippen LogP contribution in [0.5, 0.6) is 0 Å². The van der Waals surface area contributed by atoms with Crippen molar-refractivity contribution in [3.63, 3.8) is 0 Å². The van der Waals surface area contributed by atoms with Gasteiger partial charge in [-0.15, -0.1) is 0 Å². The van der Waals surface area contributed by atoms with Crippen LogP contribution in [0.1, 0.15) is 81.6 Å². The predicted molar refractivity (Wildman–Crippen MR) is 127 cm³/mol. The number of nitrogens with one attached hydrogen (secondary N) is 1. The minimum Gasteiger partial charge on any atom is -0.398 e. The van der Waals surface area contributed by atoms with Crippen molar-refractivity contribution in [3.8, 4) is 0 Å². The molecule has 1 heterocycles. The number of nitrogens with two attached hydrogens (primary N) is 1. The minimum absolute atomic E-state index is 0.0456. The van der Waals surface area contributed by atoms with Crippen LogP contribution in [0.25, 0.3) is 5.57 Å². The lowest BCUT2D eigenvalue weighted by Gasteiger charge is -2.33. The molecule has 1 aromatic rings. The molecule has 0 radical (unpaired) electrons. The number of anilines is 1. The van der Waals surface area contributed by atoms with Crippen LogP contribution in [-0.2, 0) is 4.79 Å². The fraction of sp³-hybridized carbons (Fsp3) is 0.560. The van der Waals surface area contributed by atoms with E-state index in [2.05, 4.69) is 36.0 Å². The first-order valence-electron chi connectivity index (χ1n) is 11.4. The van der Waals surface area contributed by atoms with Gasteiger partial charge in [0.15, 0.2) is 0 Å². The van der Waals surface area contributed by atoms with E-state index in [1.165, 1.54) is 0 Å². The van der Waals surface area contributed by atoms with E-state index >= 15 is 0 Å². The molecule has 1 atom stereocenters. The molecule has 2 aliphatic rings. The molecule has 6 nitrogen and oxygen atoms in total. The fourth-order valence-corrected chi connectivity index (χ4v) is 4.25. The zero-order valence-corrected chi connectivity index (χ0v) is 19.1. The molecule has 0 bridgehead atoms. The maximum absolute atomic E-state index is 13.6. The summed E-state index contributed by atoms with van der Waals surface area (Å²) >= 11 is 0. The second kappa shape index (κ2) is 10.1. The fourth-order valence-electron chi connectivity index (χ4n) is 4.25. The van der Waals surface area contributed by atoms with Gasteiger partial charge in [-0.2, -0.15) is 0 Å². The number of allylic oxidation sites excluding steroid dienone is 1. The van der Waals surface area contributed by atoms with Crippen LogP contribution in [0.4, 0.5) is 5.69 Å². The van der Waals surface area contributed by atoms with Gasteiger partial charge in [-0.25, -0.2) is 0 Å². The van der Waals surface area contributed by atoms with Crippen molar-refractivity contribution < 1.29 is 9.59 Å². The van der Waals surface area contributed by atoms with Gasteiger partial charge >= 0.3 is 0 Å². The number of rotatable bonds is 11. The molecular weight excluding hydrogens is 388 g/mol. The van der Waals surface area contributed by atoms with Gasteiger partial charge in [-0.3, -0.25) is 14.6 Å². The van der Waals surface area contributed by atoms with Crippen LogP contribution in [0.15, 0.2) is 29.4 Å². The summed E-state index contributed by atoms with van der Waals surface area (Å²) in [6.07, 6.45) is 11.1. The first kappa shape index (κ1) is 23.0. The molecule has 3 N–H and O–H groups in total. The smallest absolute Gasteiger partial charge is 0.254 e. The second-order valence-electron chi connectivity index (χ2n) is 9.90. The number of carbonyl (C=O) groups excluding carboxylic acids is 2. The maximum atomic E-state index is 13.6. The topological polar surface area (TPSA) is 87.8 Å². The lowest BCUT2D eigenvalue weighted by molar-refractivity contribution is -0.109. The zero-order valence-electron chi connectivity index (χ0n) is 19.1. The standard InChI is InChI=1S/C25H36N4O2/c1-25(2,3)12-4-5-20(11-14-28-17-30)29(21-7-8-21)24(31)18-6-9-22(23(26)15-18)19-10-13-27-16-19/h6,9,13,15-17,20-21H,4-5,7-8,10-12,14,26H2,1-3H3,(H,28,30). The summed E-state index contributed by atoms with van der Waals surface area (Å²) < 4.78 is 0. The number of nitrogen functional groups attached to an aromatic ring is 1. The molecule has 0 aromatic heterocycles. The van der Waals surface area contributed by atoms with Crippen LogP contribution >= 0.6 is 0 Å². The number of carbonyl (C=O) groups is 2. The normalized spacial score (nSPS) is 16.7. The van der Waals surface area contributed by atoms with Crippen LogP contribution in [0, 0.1) is 5.41 Å². The average molecular weight is 425 g/mol. The Labute approximate surface area is 186 Å². The van der Waals surface area contributed by atoms with Crippen LogP contribution < -0.4 is 11.1 Å². The second-order valence-corrected chi connectivity index (χ2v) is 9.90. The number of amides is 2. The summed E-state index contributed by atoms with van der Waals surface area (Å²) in [6.45, 7) is 7.31. The molecule has 1 aliphatic heterocycles. The van der Waals surface area contributed by atoms with Gasteiger partial charge in [0, 0.05) is 54.3 Å². The molecule has 168 valence electrons. The molecule has 0 saturated heterocycles. The molecule has 0 spiro atoms.